The van der Waals surface area contributed by atoms with Crippen molar-refractivity contribution in [1.29, 1.82) is 0 Å². The number of para-hydroxylation sites is 1. The van der Waals surface area contributed by atoms with Crippen LogP contribution < -0.4 is 5.32 Å². The maximum atomic E-state index is 12.1. The van der Waals surface area contributed by atoms with Gasteiger partial charge >= 0.3 is 0 Å². The van der Waals surface area contributed by atoms with Crippen LogP contribution in [0.4, 0.5) is 5.82 Å². The van der Waals surface area contributed by atoms with Gasteiger partial charge in [-0.2, -0.15) is 5.10 Å². The minimum absolute atomic E-state index is 0.268. The minimum atomic E-state index is -0.311. The van der Waals surface area contributed by atoms with Gasteiger partial charge < -0.3 is 5.32 Å². The summed E-state index contributed by atoms with van der Waals surface area (Å²) in [6, 6.07) is 9.53. The van der Waals surface area contributed by atoms with E-state index in [0.29, 0.717) is 11.4 Å². The van der Waals surface area contributed by atoms with E-state index in [4.69, 9.17) is 11.6 Å². The molecule has 0 saturated heterocycles. The van der Waals surface area contributed by atoms with Crippen molar-refractivity contribution in [3.05, 3.63) is 65.8 Å². The van der Waals surface area contributed by atoms with Crippen LogP contribution in [0.2, 0.25) is 5.15 Å². The van der Waals surface area contributed by atoms with E-state index in [1.54, 1.807) is 10.9 Å². The second-order valence-corrected chi connectivity index (χ2v) is 4.57. The Morgan fingerprint density at radius 2 is 1.90 bits per heavy atom. The van der Waals surface area contributed by atoms with Gasteiger partial charge in [0.2, 0.25) is 0 Å². The van der Waals surface area contributed by atoms with Crippen LogP contribution in [-0.2, 0) is 0 Å². The van der Waals surface area contributed by atoms with Crippen molar-refractivity contribution in [1.82, 2.24) is 19.7 Å². The molecule has 1 aromatic carbocycles. The van der Waals surface area contributed by atoms with E-state index >= 15 is 0 Å². The van der Waals surface area contributed by atoms with Crippen molar-refractivity contribution < 1.29 is 4.79 Å². The third-order valence-corrected chi connectivity index (χ3v) is 2.92. The van der Waals surface area contributed by atoms with Crippen molar-refractivity contribution in [2.24, 2.45) is 0 Å². The highest BCUT2D eigenvalue weighted by Crippen LogP contribution is 2.10. The first-order chi connectivity index (χ1) is 10.2. The lowest BCUT2D eigenvalue weighted by molar-refractivity contribution is 0.102. The molecule has 2 heterocycles. The number of amides is 1. The summed E-state index contributed by atoms with van der Waals surface area (Å²) in [5.74, 6) is 0.0191. The van der Waals surface area contributed by atoms with Crippen LogP contribution in [0.3, 0.4) is 0 Å². The van der Waals surface area contributed by atoms with E-state index in [-0.39, 0.29) is 11.1 Å². The molecule has 2 aromatic heterocycles. The Morgan fingerprint density at radius 1 is 1.10 bits per heavy atom. The quantitative estimate of drug-likeness (QED) is 0.806. The van der Waals surface area contributed by atoms with Crippen LogP contribution in [0.25, 0.3) is 5.69 Å². The van der Waals surface area contributed by atoms with E-state index < -0.39 is 0 Å². The molecule has 104 valence electrons. The van der Waals surface area contributed by atoms with Crippen LogP contribution in [0.15, 0.2) is 55.1 Å². The van der Waals surface area contributed by atoms with Gasteiger partial charge in [-0.05, 0) is 12.1 Å². The number of rotatable bonds is 3. The number of carbonyl (C=O) groups excluding carboxylic acids is 1. The Hall–Kier alpha value is -2.73. The predicted molar refractivity (Wildman–Crippen MR) is 78.6 cm³/mol. The normalized spacial score (nSPS) is 10.3. The minimum Gasteiger partial charge on any atom is -0.305 e. The Morgan fingerprint density at radius 3 is 2.62 bits per heavy atom. The summed E-state index contributed by atoms with van der Waals surface area (Å²) in [5.41, 5.74) is 1.30. The van der Waals surface area contributed by atoms with E-state index in [1.807, 2.05) is 30.3 Å². The lowest BCUT2D eigenvalue weighted by Crippen LogP contribution is -2.12. The van der Waals surface area contributed by atoms with Gasteiger partial charge in [0.1, 0.15) is 5.15 Å². The molecule has 0 aliphatic rings. The number of anilines is 1. The van der Waals surface area contributed by atoms with Crippen LogP contribution >= 0.6 is 11.6 Å². The van der Waals surface area contributed by atoms with Crippen molar-refractivity contribution in [3.63, 3.8) is 0 Å². The van der Waals surface area contributed by atoms with Gasteiger partial charge in [0.05, 0.1) is 29.8 Å². The van der Waals surface area contributed by atoms with Crippen molar-refractivity contribution in [2.45, 2.75) is 0 Å². The van der Waals surface area contributed by atoms with Crippen LogP contribution in [0.5, 0.6) is 0 Å². The summed E-state index contributed by atoms with van der Waals surface area (Å²) in [7, 11) is 0. The van der Waals surface area contributed by atoms with Gasteiger partial charge in [-0.3, -0.25) is 4.79 Å². The number of nitrogens with zero attached hydrogens (tertiary/aromatic N) is 4. The third kappa shape index (κ3) is 3.06. The summed E-state index contributed by atoms with van der Waals surface area (Å²) in [6.07, 6.45) is 5.89. The molecule has 0 saturated carbocycles. The maximum Gasteiger partial charge on any atom is 0.260 e. The fourth-order valence-corrected chi connectivity index (χ4v) is 1.82. The van der Waals surface area contributed by atoms with Crippen molar-refractivity contribution in [3.8, 4) is 5.69 Å². The monoisotopic (exact) mass is 299 g/mol. The first kappa shape index (κ1) is 13.3. The molecule has 7 heteroatoms. The van der Waals surface area contributed by atoms with Gasteiger partial charge in [-0.25, -0.2) is 14.6 Å². The Labute approximate surface area is 125 Å². The van der Waals surface area contributed by atoms with Gasteiger partial charge in [0.15, 0.2) is 5.82 Å². The fourth-order valence-electron chi connectivity index (χ4n) is 1.73. The molecule has 0 spiro atoms. The van der Waals surface area contributed by atoms with E-state index in [0.717, 1.165) is 5.69 Å². The number of hydrogen-bond donors (Lipinski definition) is 1. The molecule has 21 heavy (non-hydrogen) atoms. The number of nitrogens with one attached hydrogen (secondary N) is 1. The van der Waals surface area contributed by atoms with Gasteiger partial charge in [-0.1, -0.05) is 29.8 Å². The SMILES string of the molecule is O=C(Nc1cnc(Cl)cn1)c1cnn(-c2ccccc2)c1. The van der Waals surface area contributed by atoms with Gasteiger partial charge in [0, 0.05) is 6.20 Å². The lowest BCUT2D eigenvalue weighted by atomic mass is 10.3. The maximum absolute atomic E-state index is 12.1. The van der Waals surface area contributed by atoms with Crippen molar-refractivity contribution >= 4 is 23.3 Å². The fraction of sp³-hybridized carbons (Fsp3) is 0. The molecule has 0 unspecified atom stereocenters. The molecule has 3 aromatic rings. The smallest absolute Gasteiger partial charge is 0.260 e. The third-order valence-electron chi connectivity index (χ3n) is 2.73. The molecule has 0 bridgehead atoms. The predicted octanol–water partition coefficient (Wildman–Crippen LogP) is 2.57. The number of halogens is 1. The highest BCUT2D eigenvalue weighted by molar-refractivity contribution is 6.29. The molecule has 1 amide bonds. The average molecular weight is 300 g/mol. The molecule has 0 aliphatic heterocycles. The molecule has 0 fully saturated rings. The van der Waals surface area contributed by atoms with E-state index in [1.165, 1.54) is 18.6 Å². The highest BCUT2D eigenvalue weighted by atomic mass is 35.5. The molecule has 0 radical (unpaired) electrons. The largest absolute Gasteiger partial charge is 0.305 e. The van der Waals surface area contributed by atoms with Crippen LogP contribution in [0, 0.1) is 0 Å². The Bertz CT molecular complexity index is 755. The zero-order valence-electron chi connectivity index (χ0n) is 10.8. The lowest BCUT2D eigenvalue weighted by Gasteiger charge is -2.01. The summed E-state index contributed by atoms with van der Waals surface area (Å²) in [6.45, 7) is 0. The van der Waals surface area contributed by atoms with Gasteiger partial charge in [0.25, 0.3) is 5.91 Å². The number of aromatic nitrogens is 4. The standard InChI is InChI=1S/C14H10ClN5O/c15-12-7-17-13(8-16-12)19-14(21)10-6-18-20(9-10)11-4-2-1-3-5-11/h1-9H,(H,17,19,21). The zero-order chi connectivity index (χ0) is 14.7. The molecule has 0 atom stereocenters. The zero-order valence-corrected chi connectivity index (χ0v) is 11.5. The summed E-state index contributed by atoms with van der Waals surface area (Å²) in [4.78, 5) is 19.9. The van der Waals surface area contributed by atoms with Crippen LogP contribution in [0.1, 0.15) is 10.4 Å². The Kier molecular flexibility index (Phi) is 3.61. The van der Waals surface area contributed by atoms with E-state index in [9.17, 15) is 4.79 Å². The first-order valence-electron chi connectivity index (χ1n) is 6.11. The topological polar surface area (TPSA) is 72.7 Å². The number of benzene rings is 1. The second-order valence-electron chi connectivity index (χ2n) is 4.19. The van der Waals surface area contributed by atoms with E-state index in [2.05, 4.69) is 20.4 Å². The molecular weight excluding hydrogens is 290 g/mol. The molecule has 0 aliphatic carbocycles. The number of carbonyl (C=O) groups is 1. The highest BCUT2D eigenvalue weighted by Gasteiger charge is 2.10. The molecule has 3 rings (SSSR count). The van der Waals surface area contributed by atoms with Gasteiger partial charge in [-0.15, -0.1) is 0 Å². The number of hydrogen-bond acceptors (Lipinski definition) is 4. The average Bonchev–Trinajstić information content (AvgIpc) is 3.00. The summed E-state index contributed by atoms with van der Waals surface area (Å²) in [5, 5.41) is 7.06. The van der Waals surface area contributed by atoms with Crippen LogP contribution in [-0.4, -0.2) is 25.7 Å². The Balaban J connectivity index is 1.77. The first-order valence-corrected chi connectivity index (χ1v) is 6.49. The molecule has 6 nitrogen and oxygen atoms in total. The van der Waals surface area contributed by atoms with Crippen molar-refractivity contribution in [2.75, 3.05) is 5.32 Å². The molecule has 1 N–H and O–H groups in total. The molecular formula is C14H10ClN5O. The summed E-state index contributed by atoms with van der Waals surface area (Å²) >= 11 is 5.64. The summed E-state index contributed by atoms with van der Waals surface area (Å²) < 4.78 is 1.63. The second kappa shape index (κ2) is 5.72.